The molecule has 0 atom stereocenters. The summed E-state index contributed by atoms with van der Waals surface area (Å²) in [5.74, 6) is 0.0996. The summed E-state index contributed by atoms with van der Waals surface area (Å²) in [5.41, 5.74) is 2.91. The highest BCUT2D eigenvalue weighted by Gasteiger charge is 2.13. The van der Waals surface area contributed by atoms with Gasteiger partial charge in [-0.2, -0.15) is 0 Å². The molecule has 0 saturated carbocycles. The lowest BCUT2D eigenvalue weighted by Gasteiger charge is -2.19. The maximum Gasteiger partial charge on any atom is 0.323 e. The maximum atomic E-state index is 14.4. The van der Waals surface area contributed by atoms with Gasteiger partial charge in [-0.05, 0) is 42.7 Å². The van der Waals surface area contributed by atoms with Crippen LogP contribution < -0.4 is 9.64 Å². The number of ether oxygens (including phenoxy) is 1. The van der Waals surface area contributed by atoms with Gasteiger partial charge in [-0.3, -0.25) is 4.79 Å². The van der Waals surface area contributed by atoms with Crippen LogP contribution in [0.1, 0.15) is 18.9 Å². The van der Waals surface area contributed by atoms with Crippen molar-refractivity contribution in [2.24, 2.45) is 0 Å². The third-order valence-corrected chi connectivity index (χ3v) is 5.66. The molecular weight excluding hydrogens is 435 g/mol. The van der Waals surface area contributed by atoms with E-state index in [0.29, 0.717) is 31.1 Å². The molecular formula is C26H27FN4O3. The van der Waals surface area contributed by atoms with E-state index in [9.17, 15) is 9.18 Å². The van der Waals surface area contributed by atoms with Gasteiger partial charge >= 0.3 is 5.97 Å². The molecule has 0 aliphatic carbocycles. The predicted octanol–water partition coefficient (Wildman–Crippen LogP) is 4.79. The van der Waals surface area contributed by atoms with Crippen molar-refractivity contribution in [3.05, 3.63) is 72.3 Å². The highest BCUT2D eigenvalue weighted by molar-refractivity contribution is 5.83. The summed E-state index contributed by atoms with van der Waals surface area (Å²) in [5, 5.41) is 9.91. The van der Waals surface area contributed by atoms with Crippen LogP contribution >= 0.6 is 0 Å². The third kappa shape index (κ3) is 5.33. The van der Waals surface area contributed by atoms with Crippen molar-refractivity contribution in [1.29, 1.82) is 0 Å². The lowest BCUT2D eigenvalue weighted by molar-refractivity contribution is -0.137. The summed E-state index contributed by atoms with van der Waals surface area (Å²) in [6.45, 7) is 3.02. The van der Waals surface area contributed by atoms with E-state index in [0.717, 1.165) is 22.9 Å². The fraction of sp³-hybridized carbons (Fsp3) is 0.269. The zero-order valence-electron chi connectivity index (χ0n) is 19.2. The molecule has 2 aromatic carbocycles. The minimum absolute atomic E-state index is 0.0819. The average molecular weight is 463 g/mol. The van der Waals surface area contributed by atoms with E-state index in [-0.39, 0.29) is 12.4 Å². The zero-order valence-corrected chi connectivity index (χ0v) is 19.2. The highest BCUT2D eigenvalue weighted by atomic mass is 19.1. The molecule has 0 unspecified atom stereocenters. The number of aromatic nitrogens is 3. The van der Waals surface area contributed by atoms with Crippen molar-refractivity contribution in [3.63, 3.8) is 0 Å². The van der Waals surface area contributed by atoms with Crippen molar-refractivity contribution in [3.8, 4) is 17.1 Å². The van der Waals surface area contributed by atoms with E-state index in [4.69, 9.17) is 9.84 Å². The number of nitrogens with zero attached hydrogens (tertiary/aromatic N) is 4. The van der Waals surface area contributed by atoms with Gasteiger partial charge in [-0.25, -0.2) is 14.4 Å². The van der Waals surface area contributed by atoms with Gasteiger partial charge in [0.05, 0.1) is 12.8 Å². The van der Waals surface area contributed by atoms with Crippen LogP contribution in [0.15, 0.2) is 60.9 Å². The fourth-order valence-electron chi connectivity index (χ4n) is 3.80. The molecule has 0 spiro atoms. The van der Waals surface area contributed by atoms with Gasteiger partial charge < -0.3 is 19.3 Å². The number of carboxylic acids is 1. The molecule has 0 fully saturated rings. The number of hydrogen-bond acceptors (Lipinski definition) is 5. The maximum absolute atomic E-state index is 14.4. The van der Waals surface area contributed by atoms with Crippen LogP contribution in [0, 0.1) is 5.82 Å². The van der Waals surface area contributed by atoms with Crippen molar-refractivity contribution >= 4 is 22.7 Å². The predicted molar refractivity (Wildman–Crippen MR) is 130 cm³/mol. The molecule has 0 radical (unpaired) electrons. The largest absolute Gasteiger partial charge is 0.494 e. The van der Waals surface area contributed by atoms with Gasteiger partial charge in [0.25, 0.3) is 0 Å². The number of hydrogen-bond donors (Lipinski definition) is 1. The van der Waals surface area contributed by atoms with Crippen molar-refractivity contribution in [2.75, 3.05) is 25.1 Å². The standard InChI is InChI=1S/C26H27FN4O3/c1-3-18-5-7-19(8-6-18)25-28-16-22(27)26(29-25)30(2)12-4-14-34-21-9-10-23-20(15-21)11-13-31(23)17-24(32)33/h5-11,13,15-16H,3-4,12,14,17H2,1-2H3,(H,32,33). The summed E-state index contributed by atoms with van der Waals surface area (Å²) < 4.78 is 22.0. The molecule has 4 rings (SSSR count). The second-order valence-electron chi connectivity index (χ2n) is 8.10. The Morgan fingerprint density at radius 1 is 1.18 bits per heavy atom. The van der Waals surface area contributed by atoms with Crippen LogP contribution in [0.4, 0.5) is 10.2 Å². The van der Waals surface area contributed by atoms with Crippen LogP contribution in [0.3, 0.4) is 0 Å². The first-order valence-electron chi connectivity index (χ1n) is 11.2. The van der Waals surface area contributed by atoms with Gasteiger partial charge in [0, 0.05) is 36.3 Å². The Morgan fingerprint density at radius 2 is 1.97 bits per heavy atom. The quantitative estimate of drug-likeness (QED) is 0.341. The summed E-state index contributed by atoms with van der Waals surface area (Å²) in [4.78, 5) is 21.3. The zero-order chi connectivity index (χ0) is 24.1. The van der Waals surface area contributed by atoms with E-state index >= 15 is 0 Å². The van der Waals surface area contributed by atoms with Crippen molar-refractivity contribution in [2.45, 2.75) is 26.3 Å². The molecule has 0 amide bonds. The number of benzene rings is 2. The fourth-order valence-corrected chi connectivity index (χ4v) is 3.80. The molecule has 0 saturated heterocycles. The summed E-state index contributed by atoms with van der Waals surface area (Å²) in [6, 6.07) is 15.4. The molecule has 2 aromatic heterocycles. The molecule has 7 nitrogen and oxygen atoms in total. The number of aliphatic carboxylic acids is 1. The van der Waals surface area contributed by atoms with Gasteiger partial charge in [0.15, 0.2) is 17.5 Å². The topological polar surface area (TPSA) is 80.5 Å². The number of carbonyl (C=O) groups is 1. The second kappa shape index (κ2) is 10.3. The summed E-state index contributed by atoms with van der Waals surface area (Å²) in [7, 11) is 1.80. The Bertz CT molecular complexity index is 1290. The smallest absolute Gasteiger partial charge is 0.323 e. The van der Waals surface area contributed by atoms with Crippen LogP contribution in [0.25, 0.3) is 22.3 Å². The first kappa shape index (κ1) is 23.2. The van der Waals surface area contributed by atoms with Crippen LogP contribution in [0.5, 0.6) is 5.75 Å². The Labute approximate surface area is 197 Å². The van der Waals surface area contributed by atoms with Gasteiger partial charge in [0.1, 0.15) is 12.3 Å². The number of halogens is 1. The minimum atomic E-state index is -0.886. The molecule has 0 aliphatic heterocycles. The molecule has 4 aromatic rings. The van der Waals surface area contributed by atoms with Gasteiger partial charge in [-0.1, -0.05) is 31.2 Å². The molecule has 2 heterocycles. The van der Waals surface area contributed by atoms with Crippen LogP contribution in [-0.4, -0.2) is 45.8 Å². The number of anilines is 1. The lowest BCUT2D eigenvalue weighted by atomic mass is 10.1. The summed E-state index contributed by atoms with van der Waals surface area (Å²) in [6.07, 6.45) is 4.58. The Kier molecular flexibility index (Phi) is 7.06. The first-order valence-corrected chi connectivity index (χ1v) is 11.2. The normalized spacial score (nSPS) is 11.0. The number of rotatable bonds is 10. The Morgan fingerprint density at radius 3 is 2.71 bits per heavy atom. The molecule has 8 heteroatoms. The number of aryl methyl sites for hydroxylation is 1. The van der Waals surface area contributed by atoms with E-state index in [1.54, 1.807) is 22.7 Å². The second-order valence-corrected chi connectivity index (χ2v) is 8.10. The van der Waals surface area contributed by atoms with Crippen LogP contribution in [-0.2, 0) is 17.8 Å². The number of carboxylic acid groups (broad SMARTS) is 1. The highest BCUT2D eigenvalue weighted by Crippen LogP contribution is 2.23. The number of fused-ring (bicyclic) bond motifs is 1. The molecule has 34 heavy (non-hydrogen) atoms. The Balaban J connectivity index is 1.34. The molecule has 0 aliphatic rings. The van der Waals surface area contributed by atoms with Gasteiger partial charge in [-0.15, -0.1) is 0 Å². The van der Waals surface area contributed by atoms with E-state index in [2.05, 4.69) is 16.9 Å². The molecule has 176 valence electrons. The summed E-state index contributed by atoms with van der Waals surface area (Å²) >= 11 is 0. The Hall–Kier alpha value is -3.94. The van der Waals surface area contributed by atoms with Crippen molar-refractivity contribution < 1.29 is 19.0 Å². The van der Waals surface area contributed by atoms with Crippen molar-refractivity contribution in [1.82, 2.24) is 14.5 Å². The van der Waals surface area contributed by atoms with Crippen LogP contribution in [0.2, 0.25) is 0 Å². The lowest BCUT2D eigenvalue weighted by Crippen LogP contribution is -2.23. The SMILES string of the molecule is CCc1ccc(-c2ncc(F)c(N(C)CCCOc3ccc4c(ccn4CC(=O)O)c3)n2)cc1. The third-order valence-electron chi connectivity index (χ3n) is 5.66. The van der Waals surface area contributed by atoms with E-state index < -0.39 is 11.8 Å². The first-order chi connectivity index (χ1) is 16.4. The molecule has 0 bridgehead atoms. The van der Waals surface area contributed by atoms with Gasteiger partial charge in [0.2, 0.25) is 0 Å². The molecule has 1 N–H and O–H groups in total. The monoisotopic (exact) mass is 462 g/mol. The minimum Gasteiger partial charge on any atom is -0.494 e. The van der Waals surface area contributed by atoms with E-state index in [1.165, 1.54) is 11.8 Å². The average Bonchev–Trinajstić information content (AvgIpc) is 3.23. The van der Waals surface area contributed by atoms with E-state index in [1.807, 2.05) is 48.5 Å².